The summed E-state index contributed by atoms with van der Waals surface area (Å²) >= 11 is 1.74. The van der Waals surface area contributed by atoms with Gasteiger partial charge in [-0.05, 0) is 29.7 Å². The van der Waals surface area contributed by atoms with Crippen LogP contribution in [0.15, 0.2) is 97.1 Å². The van der Waals surface area contributed by atoms with Crippen molar-refractivity contribution in [1.29, 1.82) is 0 Å². The van der Waals surface area contributed by atoms with Crippen LogP contribution >= 0.6 is 11.3 Å². The fraction of sp³-hybridized carbons (Fsp3) is 0. The lowest BCUT2D eigenvalue weighted by Gasteiger charge is -2.06. The number of fused-ring (bicyclic) bond motifs is 4. The third-order valence-corrected chi connectivity index (χ3v) is 6.36. The molecular formula is C26H16N2S. The van der Waals surface area contributed by atoms with Gasteiger partial charge < -0.3 is 0 Å². The Morgan fingerprint density at radius 2 is 1.41 bits per heavy atom. The number of hydrogen-bond acceptors (Lipinski definition) is 3. The summed E-state index contributed by atoms with van der Waals surface area (Å²) in [4.78, 5) is 9.80. The lowest BCUT2D eigenvalue weighted by molar-refractivity contribution is 1.40. The van der Waals surface area contributed by atoms with E-state index in [4.69, 9.17) is 9.97 Å². The number of aromatic nitrogens is 2. The normalized spacial score (nSPS) is 11.4. The van der Waals surface area contributed by atoms with E-state index in [2.05, 4.69) is 78.9 Å². The van der Waals surface area contributed by atoms with E-state index in [0.717, 1.165) is 32.7 Å². The van der Waals surface area contributed by atoms with Crippen LogP contribution in [-0.4, -0.2) is 9.97 Å². The van der Waals surface area contributed by atoms with Crippen molar-refractivity contribution in [1.82, 2.24) is 9.97 Å². The molecule has 0 aliphatic heterocycles. The van der Waals surface area contributed by atoms with Gasteiger partial charge >= 0.3 is 0 Å². The molecule has 4 aromatic carbocycles. The highest BCUT2D eigenvalue weighted by atomic mass is 32.1. The van der Waals surface area contributed by atoms with Gasteiger partial charge in [0.15, 0.2) is 0 Å². The van der Waals surface area contributed by atoms with Gasteiger partial charge in [-0.15, -0.1) is 11.3 Å². The highest BCUT2D eigenvalue weighted by molar-refractivity contribution is 7.21. The van der Waals surface area contributed by atoms with Crippen LogP contribution in [-0.2, 0) is 0 Å². The molecule has 0 aliphatic rings. The summed E-state index contributed by atoms with van der Waals surface area (Å²) < 4.78 is 1.22. The van der Waals surface area contributed by atoms with Gasteiger partial charge in [0, 0.05) is 21.9 Å². The van der Waals surface area contributed by atoms with Crippen LogP contribution in [0.25, 0.3) is 53.7 Å². The van der Waals surface area contributed by atoms with Crippen molar-refractivity contribution in [2.45, 2.75) is 0 Å². The molecule has 6 rings (SSSR count). The van der Waals surface area contributed by atoms with E-state index in [1.165, 1.54) is 21.0 Å². The predicted molar refractivity (Wildman–Crippen MR) is 123 cm³/mol. The minimum atomic E-state index is 0.994. The predicted octanol–water partition coefficient (Wildman–Crippen LogP) is 7.33. The van der Waals surface area contributed by atoms with E-state index in [1.54, 1.807) is 11.3 Å². The molecule has 136 valence electrons. The van der Waals surface area contributed by atoms with Crippen molar-refractivity contribution in [3.63, 3.8) is 0 Å². The van der Waals surface area contributed by atoms with Gasteiger partial charge in [0.25, 0.3) is 0 Å². The minimum absolute atomic E-state index is 0.994. The zero-order valence-corrected chi connectivity index (χ0v) is 16.4. The molecular weight excluding hydrogens is 372 g/mol. The van der Waals surface area contributed by atoms with Gasteiger partial charge in [0.05, 0.1) is 21.4 Å². The second kappa shape index (κ2) is 6.50. The Morgan fingerprint density at radius 3 is 2.34 bits per heavy atom. The molecule has 0 spiro atoms. The number of para-hydroxylation sites is 1. The van der Waals surface area contributed by atoms with Crippen molar-refractivity contribution in [3.8, 4) is 21.8 Å². The Hall–Kier alpha value is -3.56. The zero-order chi connectivity index (χ0) is 19.2. The van der Waals surface area contributed by atoms with E-state index in [-0.39, 0.29) is 0 Å². The van der Waals surface area contributed by atoms with E-state index in [1.807, 2.05) is 18.2 Å². The molecule has 0 bridgehead atoms. The third kappa shape index (κ3) is 2.79. The summed E-state index contributed by atoms with van der Waals surface area (Å²) in [5.74, 6) is 0. The summed E-state index contributed by atoms with van der Waals surface area (Å²) in [6, 6.07) is 33.8. The Bertz CT molecular complexity index is 1500. The molecule has 2 aromatic heterocycles. The maximum Gasteiger partial charge on any atom is 0.124 e. The first kappa shape index (κ1) is 16.4. The van der Waals surface area contributed by atoms with Gasteiger partial charge in [-0.25, -0.2) is 9.97 Å². The lowest BCUT2D eigenvalue weighted by atomic mass is 10.0. The smallest absolute Gasteiger partial charge is 0.124 e. The second-order valence-electron chi connectivity index (χ2n) is 7.12. The maximum atomic E-state index is 4.96. The summed E-state index contributed by atoms with van der Waals surface area (Å²) in [6.45, 7) is 0. The van der Waals surface area contributed by atoms with Crippen LogP contribution in [0.5, 0.6) is 0 Å². The van der Waals surface area contributed by atoms with Crippen LogP contribution in [0.1, 0.15) is 0 Å². The average molecular weight is 388 g/mol. The molecule has 2 nitrogen and oxygen atoms in total. The molecule has 0 atom stereocenters. The van der Waals surface area contributed by atoms with Crippen molar-refractivity contribution in [2.24, 2.45) is 0 Å². The van der Waals surface area contributed by atoms with Crippen molar-refractivity contribution in [2.75, 3.05) is 0 Å². The van der Waals surface area contributed by atoms with Gasteiger partial charge in [0.1, 0.15) is 5.01 Å². The number of nitrogens with zero attached hydrogens (tertiary/aromatic N) is 2. The van der Waals surface area contributed by atoms with E-state index in [9.17, 15) is 0 Å². The number of hydrogen-bond donors (Lipinski definition) is 0. The van der Waals surface area contributed by atoms with Crippen LogP contribution < -0.4 is 0 Å². The summed E-state index contributed by atoms with van der Waals surface area (Å²) in [5, 5.41) is 4.60. The van der Waals surface area contributed by atoms with Crippen LogP contribution in [0.4, 0.5) is 0 Å². The molecule has 0 amide bonds. The minimum Gasteiger partial charge on any atom is -0.248 e. The first-order valence-corrected chi connectivity index (χ1v) is 10.4. The summed E-state index contributed by atoms with van der Waals surface area (Å²) in [7, 11) is 0. The zero-order valence-electron chi connectivity index (χ0n) is 15.5. The fourth-order valence-electron chi connectivity index (χ4n) is 3.81. The first-order valence-electron chi connectivity index (χ1n) is 9.60. The SMILES string of the molecule is c1ccc(-c2nc3c(ccc4cc(-c5ccc6ccccc6n5)ccc43)s2)cc1. The Kier molecular flexibility index (Phi) is 3.68. The molecule has 0 saturated heterocycles. The number of benzene rings is 4. The molecule has 3 heteroatoms. The standard InChI is InChI=1S/C26H16N2S/c1-2-7-18(8-3-1)26-28-25-21-13-10-20(16-19(21)12-15-24(25)29-26)23-14-11-17-6-4-5-9-22(17)27-23/h1-16H. The molecule has 0 saturated carbocycles. The topological polar surface area (TPSA) is 25.8 Å². The Labute approximate surface area is 172 Å². The lowest BCUT2D eigenvalue weighted by Crippen LogP contribution is -1.86. The second-order valence-corrected chi connectivity index (χ2v) is 8.15. The Morgan fingerprint density at radius 1 is 0.586 bits per heavy atom. The molecule has 29 heavy (non-hydrogen) atoms. The highest BCUT2D eigenvalue weighted by Crippen LogP contribution is 2.35. The molecule has 0 radical (unpaired) electrons. The first-order chi connectivity index (χ1) is 14.3. The van der Waals surface area contributed by atoms with E-state index >= 15 is 0 Å². The maximum absolute atomic E-state index is 4.96. The summed E-state index contributed by atoms with van der Waals surface area (Å²) in [5.41, 5.74) is 5.38. The summed E-state index contributed by atoms with van der Waals surface area (Å²) in [6.07, 6.45) is 0. The molecule has 6 aromatic rings. The Balaban J connectivity index is 1.49. The van der Waals surface area contributed by atoms with Crippen LogP contribution in [0.2, 0.25) is 0 Å². The highest BCUT2D eigenvalue weighted by Gasteiger charge is 2.10. The average Bonchev–Trinajstić information content (AvgIpc) is 3.24. The van der Waals surface area contributed by atoms with Crippen LogP contribution in [0.3, 0.4) is 0 Å². The number of rotatable bonds is 2. The number of thiazole rings is 1. The molecule has 0 fully saturated rings. The van der Waals surface area contributed by atoms with Crippen LogP contribution in [0, 0.1) is 0 Å². The van der Waals surface area contributed by atoms with Crippen molar-refractivity contribution in [3.05, 3.63) is 97.1 Å². The fourth-order valence-corrected chi connectivity index (χ4v) is 4.80. The van der Waals surface area contributed by atoms with Gasteiger partial charge in [-0.2, -0.15) is 0 Å². The largest absolute Gasteiger partial charge is 0.248 e. The monoisotopic (exact) mass is 388 g/mol. The van der Waals surface area contributed by atoms with Crippen molar-refractivity contribution >= 4 is 43.2 Å². The quantitative estimate of drug-likeness (QED) is 0.310. The molecule has 2 heterocycles. The third-order valence-electron chi connectivity index (χ3n) is 5.29. The number of pyridine rings is 1. The van der Waals surface area contributed by atoms with E-state index < -0.39 is 0 Å². The van der Waals surface area contributed by atoms with Gasteiger partial charge in [-0.1, -0.05) is 72.8 Å². The molecule has 0 N–H and O–H groups in total. The van der Waals surface area contributed by atoms with Gasteiger partial charge in [-0.3, -0.25) is 0 Å². The molecule has 0 unspecified atom stereocenters. The van der Waals surface area contributed by atoms with E-state index in [0.29, 0.717) is 0 Å². The molecule has 0 aliphatic carbocycles. The van der Waals surface area contributed by atoms with Gasteiger partial charge in [0.2, 0.25) is 0 Å². The van der Waals surface area contributed by atoms with Crippen molar-refractivity contribution < 1.29 is 0 Å².